The molecule has 6 heteroatoms. The van der Waals surface area contributed by atoms with Crippen LogP contribution in [0.3, 0.4) is 0 Å². The number of nitrogens with zero attached hydrogens (tertiary/aromatic N) is 2. The zero-order valence-electron chi connectivity index (χ0n) is 11.8. The summed E-state index contributed by atoms with van der Waals surface area (Å²) in [5.74, 6) is -0.445. The van der Waals surface area contributed by atoms with E-state index < -0.39 is 5.97 Å². The molecule has 0 fully saturated rings. The van der Waals surface area contributed by atoms with E-state index >= 15 is 0 Å². The first-order valence-electron chi connectivity index (χ1n) is 6.31. The maximum absolute atomic E-state index is 12.0. The zero-order valence-corrected chi connectivity index (χ0v) is 12.6. The van der Waals surface area contributed by atoms with Gasteiger partial charge in [0.15, 0.2) is 0 Å². The number of benzene rings is 1. The number of halogens is 1. The third kappa shape index (κ3) is 3.64. The van der Waals surface area contributed by atoms with E-state index in [0.717, 1.165) is 5.69 Å². The van der Waals surface area contributed by atoms with E-state index in [2.05, 4.69) is 4.98 Å². The molecular weight excluding hydrogens is 290 g/mol. The fourth-order valence-electron chi connectivity index (χ4n) is 1.84. The first kappa shape index (κ1) is 15.1. The Bertz CT molecular complexity index is 659. The van der Waals surface area contributed by atoms with Gasteiger partial charge in [0.25, 0.3) is 0 Å². The van der Waals surface area contributed by atoms with Crippen molar-refractivity contribution in [1.29, 1.82) is 0 Å². The molecule has 0 radical (unpaired) electrons. The molecular formula is C15H16ClN3O2. The maximum Gasteiger partial charge on any atom is 0.338 e. The van der Waals surface area contributed by atoms with Gasteiger partial charge in [0, 0.05) is 32.1 Å². The van der Waals surface area contributed by atoms with Gasteiger partial charge in [0.1, 0.15) is 6.61 Å². The summed E-state index contributed by atoms with van der Waals surface area (Å²) < 4.78 is 5.23. The van der Waals surface area contributed by atoms with E-state index in [9.17, 15) is 4.79 Å². The Morgan fingerprint density at radius 1 is 1.38 bits per heavy atom. The summed E-state index contributed by atoms with van der Waals surface area (Å²) in [4.78, 5) is 17.8. The number of nitrogen functional groups attached to an aromatic ring is 1. The van der Waals surface area contributed by atoms with E-state index in [4.69, 9.17) is 22.1 Å². The van der Waals surface area contributed by atoms with E-state index in [0.29, 0.717) is 21.8 Å². The molecule has 1 aromatic heterocycles. The van der Waals surface area contributed by atoms with Gasteiger partial charge >= 0.3 is 5.97 Å². The predicted octanol–water partition coefficient (Wildman–Crippen LogP) is 2.74. The monoisotopic (exact) mass is 305 g/mol. The molecule has 2 rings (SSSR count). The molecule has 0 unspecified atom stereocenters. The Hall–Kier alpha value is -2.27. The molecule has 2 N–H and O–H groups in total. The Balaban J connectivity index is 2.07. The molecule has 0 aliphatic carbocycles. The molecule has 0 saturated carbocycles. The summed E-state index contributed by atoms with van der Waals surface area (Å²) in [5, 5.41) is 0.466. The highest BCUT2D eigenvalue weighted by molar-refractivity contribution is 6.31. The third-order valence-corrected chi connectivity index (χ3v) is 3.30. The van der Waals surface area contributed by atoms with Gasteiger partial charge in [0.2, 0.25) is 0 Å². The van der Waals surface area contributed by atoms with E-state index in [1.54, 1.807) is 30.5 Å². The second-order valence-electron chi connectivity index (χ2n) is 4.71. The molecule has 110 valence electrons. The molecule has 0 amide bonds. The third-order valence-electron chi connectivity index (χ3n) is 2.96. The van der Waals surface area contributed by atoms with Gasteiger partial charge < -0.3 is 15.4 Å². The number of carbonyl (C=O) groups is 1. The van der Waals surface area contributed by atoms with Crippen molar-refractivity contribution in [3.05, 3.63) is 52.8 Å². The lowest BCUT2D eigenvalue weighted by atomic mass is 10.1. The Morgan fingerprint density at radius 3 is 2.76 bits per heavy atom. The first-order chi connectivity index (χ1) is 9.99. The van der Waals surface area contributed by atoms with Crippen molar-refractivity contribution in [2.75, 3.05) is 24.7 Å². The van der Waals surface area contributed by atoms with Gasteiger partial charge in [-0.25, -0.2) is 4.79 Å². The average molecular weight is 306 g/mol. The minimum absolute atomic E-state index is 0.0928. The van der Waals surface area contributed by atoms with Crippen LogP contribution in [0.2, 0.25) is 5.02 Å². The van der Waals surface area contributed by atoms with Crippen molar-refractivity contribution >= 4 is 28.9 Å². The highest BCUT2D eigenvalue weighted by atomic mass is 35.5. The van der Waals surface area contributed by atoms with Crippen molar-refractivity contribution in [2.45, 2.75) is 6.61 Å². The second-order valence-corrected chi connectivity index (χ2v) is 5.12. The van der Waals surface area contributed by atoms with Crippen molar-refractivity contribution in [3.63, 3.8) is 0 Å². The molecule has 5 nitrogen and oxygen atoms in total. The number of aromatic nitrogens is 1. The van der Waals surface area contributed by atoms with Crippen LogP contribution >= 0.6 is 11.6 Å². The SMILES string of the molecule is CN(C)c1ccc(C(=O)OCc2ccncc2Cl)cc1N. The topological polar surface area (TPSA) is 68.5 Å². The van der Waals surface area contributed by atoms with Crippen molar-refractivity contribution < 1.29 is 9.53 Å². The second kappa shape index (κ2) is 6.45. The molecule has 0 spiro atoms. The minimum Gasteiger partial charge on any atom is -0.457 e. The summed E-state index contributed by atoms with van der Waals surface area (Å²) >= 11 is 5.96. The predicted molar refractivity (Wildman–Crippen MR) is 83.5 cm³/mol. The maximum atomic E-state index is 12.0. The van der Waals surface area contributed by atoms with Crippen LogP contribution in [0.25, 0.3) is 0 Å². The van der Waals surface area contributed by atoms with Gasteiger partial charge in [0.05, 0.1) is 22.0 Å². The molecule has 0 bridgehead atoms. The molecule has 21 heavy (non-hydrogen) atoms. The summed E-state index contributed by atoms with van der Waals surface area (Å²) in [7, 11) is 3.77. The zero-order chi connectivity index (χ0) is 15.4. The Kier molecular flexibility index (Phi) is 4.65. The van der Waals surface area contributed by atoms with Gasteiger partial charge in [-0.15, -0.1) is 0 Å². The van der Waals surface area contributed by atoms with Gasteiger partial charge in [-0.3, -0.25) is 4.98 Å². The highest BCUT2D eigenvalue weighted by Crippen LogP contribution is 2.23. The van der Waals surface area contributed by atoms with Crippen LogP contribution in [0.5, 0.6) is 0 Å². The number of hydrogen-bond acceptors (Lipinski definition) is 5. The molecule has 0 saturated heterocycles. The molecule has 0 aliphatic heterocycles. The van der Waals surface area contributed by atoms with Crippen LogP contribution in [0.4, 0.5) is 11.4 Å². The number of ether oxygens (including phenoxy) is 1. The van der Waals surface area contributed by atoms with Gasteiger partial charge in [-0.1, -0.05) is 11.6 Å². The molecule has 0 atom stereocenters. The number of pyridine rings is 1. The lowest BCUT2D eigenvalue weighted by Crippen LogP contribution is -2.12. The first-order valence-corrected chi connectivity index (χ1v) is 6.69. The van der Waals surface area contributed by atoms with Crippen LogP contribution in [-0.2, 0) is 11.3 Å². The Labute approximate surface area is 128 Å². The van der Waals surface area contributed by atoms with Crippen LogP contribution in [-0.4, -0.2) is 25.0 Å². The number of rotatable bonds is 4. The lowest BCUT2D eigenvalue weighted by molar-refractivity contribution is 0.0473. The van der Waals surface area contributed by atoms with E-state index in [1.807, 2.05) is 19.0 Å². The molecule has 1 aromatic carbocycles. The van der Waals surface area contributed by atoms with E-state index in [1.165, 1.54) is 6.20 Å². The normalized spacial score (nSPS) is 10.2. The quantitative estimate of drug-likeness (QED) is 0.695. The van der Waals surface area contributed by atoms with Gasteiger partial charge in [-0.05, 0) is 24.3 Å². The standard InChI is InChI=1S/C15H16ClN3O2/c1-19(2)14-4-3-10(7-13(14)17)15(20)21-9-11-5-6-18-8-12(11)16/h3-8H,9,17H2,1-2H3. The smallest absolute Gasteiger partial charge is 0.338 e. The molecule has 0 aliphatic rings. The number of hydrogen-bond donors (Lipinski definition) is 1. The molecule has 2 aromatic rings. The average Bonchev–Trinajstić information content (AvgIpc) is 2.45. The van der Waals surface area contributed by atoms with Crippen LogP contribution < -0.4 is 10.6 Å². The van der Waals surface area contributed by atoms with Crippen LogP contribution in [0, 0.1) is 0 Å². The number of anilines is 2. The Morgan fingerprint density at radius 2 is 2.14 bits per heavy atom. The van der Waals surface area contributed by atoms with Crippen molar-refractivity contribution in [2.24, 2.45) is 0 Å². The highest BCUT2D eigenvalue weighted by Gasteiger charge is 2.11. The summed E-state index contributed by atoms with van der Waals surface area (Å²) in [6.45, 7) is 0.0928. The minimum atomic E-state index is -0.445. The fraction of sp³-hybridized carbons (Fsp3) is 0.200. The largest absolute Gasteiger partial charge is 0.457 e. The van der Waals surface area contributed by atoms with Crippen LogP contribution in [0.15, 0.2) is 36.7 Å². The van der Waals surface area contributed by atoms with Crippen molar-refractivity contribution in [1.82, 2.24) is 4.98 Å². The molecule has 1 heterocycles. The van der Waals surface area contributed by atoms with Gasteiger partial charge in [-0.2, -0.15) is 0 Å². The summed E-state index contributed by atoms with van der Waals surface area (Å²) in [6, 6.07) is 6.78. The van der Waals surface area contributed by atoms with E-state index in [-0.39, 0.29) is 6.61 Å². The fourth-order valence-corrected chi connectivity index (χ4v) is 2.01. The summed E-state index contributed by atoms with van der Waals surface area (Å²) in [5.41, 5.74) is 8.40. The van der Waals surface area contributed by atoms with Crippen molar-refractivity contribution in [3.8, 4) is 0 Å². The lowest BCUT2D eigenvalue weighted by Gasteiger charge is -2.15. The number of carbonyl (C=O) groups excluding carboxylic acids is 1. The number of nitrogens with two attached hydrogens (primary N) is 1. The number of esters is 1. The summed E-state index contributed by atoms with van der Waals surface area (Å²) in [6.07, 6.45) is 3.10. The van der Waals surface area contributed by atoms with Crippen LogP contribution in [0.1, 0.15) is 15.9 Å².